The van der Waals surface area contributed by atoms with E-state index < -0.39 is 5.97 Å². The number of rotatable bonds is 8. The average molecular weight is 369 g/mol. The van der Waals surface area contributed by atoms with Crippen LogP contribution in [0.4, 0.5) is 0 Å². The van der Waals surface area contributed by atoms with Gasteiger partial charge in [0.2, 0.25) is 0 Å². The van der Waals surface area contributed by atoms with E-state index in [0.717, 1.165) is 46.5 Å². The molecule has 4 heteroatoms. The topological polar surface area (TPSA) is 76.2 Å². The lowest BCUT2D eigenvalue weighted by Gasteiger charge is -2.25. The largest absolute Gasteiger partial charge is 0.481 e. The molecule has 1 aromatic heterocycles. The molecule has 0 amide bonds. The second kappa shape index (κ2) is 9.14. The van der Waals surface area contributed by atoms with E-state index in [0.29, 0.717) is 12.5 Å². The third-order valence-electron chi connectivity index (χ3n) is 5.08. The maximum Gasteiger partial charge on any atom is 0.303 e. The van der Waals surface area contributed by atoms with Gasteiger partial charge in [-0.2, -0.15) is 0 Å². The molecule has 0 spiro atoms. The maximum atomic E-state index is 11.5. The number of benzene rings is 1. The number of aliphatic carboxylic acids is 1. The standard InChI is InChI=1S/C23H32N2O2/c1-6-17(12-21(26)27)22-16(5)25-20(11-14(2)3)19(13-24)23(22)18-9-7-15(4)8-10-18/h7-10,14,17H,6,11-13,24H2,1-5H3,(H,26,27). The van der Waals surface area contributed by atoms with E-state index >= 15 is 0 Å². The SMILES string of the molecule is CCC(CC(=O)O)c1c(C)nc(CC(C)C)c(CN)c1-c1ccc(C)cc1. The summed E-state index contributed by atoms with van der Waals surface area (Å²) in [5.74, 6) is -0.388. The molecule has 0 aliphatic heterocycles. The van der Waals surface area contributed by atoms with Gasteiger partial charge >= 0.3 is 5.97 Å². The van der Waals surface area contributed by atoms with Crippen molar-refractivity contribution in [3.63, 3.8) is 0 Å². The highest BCUT2D eigenvalue weighted by Gasteiger charge is 2.25. The third-order valence-corrected chi connectivity index (χ3v) is 5.08. The fourth-order valence-electron chi connectivity index (χ4n) is 3.80. The van der Waals surface area contributed by atoms with Crippen LogP contribution < -0.4 is 5.73 Å². The Morgan fingerprint density at radius 3 is 2.30 bits per heavy atom. The number of carbonyl (C=O) groups is 1. The Hall–Kier alpha value is -2.20. The molecule has 0 fully saturated rings. The van der Waals surface area contributed by atoms with Crippen LogP contribution >= 0.6 is 0 Å². The predicted octanol–water partition coefficient (Wildman–Crippen LogP) is 4.99. The molecule has 27 heavy (non-hydrogen) atoms. The molecule has 0 aliphatic carbocycles. The van der Waals surface area contributed by atoms with Crippen molar-refractivity contribution in [3.8, 4) is 11.1 Å². The molecule has 0 saturated carbocycles. The van der Waals surface area contributed by atoms with Gasteiger partial charge in [0, 0.05) is 17.9 Å². The number of carboxylic acid groups (broad SMARTS) is 1. The minimum absolute atomic E-state index is 0.0790. The van der Waals surface area contributed by atoms with Crippen molar-refractivity contribution in [1.82, 2.24) is 4.98 Å². The number of hydrogen-bond acceptors (Lipinski definition) is 3. The lowest BCUT2D eigenvalue weighted by molar-refractivity contribution is -0.137. The van der Waals surface area contributed by atoms with Crippen LogP contribution in [-0.4, -0.2) is 16.1 Å². The van der Waals surface area contributed by atoms with Crippen LogP contribution in [0.3, 0.4) is 0 Å². The molecular weight excluding hydrogens is 336 g/mol. The molecule has 0 aliphatic rings. The zero-order chi connectivity index (χ0) is 20.1. The van der Waals surface area contributed by atoms with Gasteiger partial charge in [-0.05, 0) is 60.8 Å². The van der Waals surface area contributed by atoms with E-state index in [1.54, 1.807) is 0 Å². The molecule has 3 N–H and O–H groups in total. The predicted molar refractivity (Wildman–Crippen MR) is 111 cm³/mol. The van der Waals surface area contributed by atoms with Crippen LogP contribution in [0.1, 0.15) is 67.6 Å². The molecule has 1 atom stereocenters. The van der Waals surface area contributed by atoms with Crippen LogP contribution in [0.15, 0.2) is 24.3 Å². The molecule has 1 aromatic carbocycles. The number of carboxylic acids is 1. The van der Waals surface area contributed by atoms with Crippen molar-refractivity contribution in [1.29, 1.82) is 0 Å². The third kappa shape index (κ3) is 4.95. The number of pyridine rings is 1. The first-order valence-corrected chi connectivity index (χ1v) is 9.79. The smallest absolute Gasteiger partial charge is 0.303 e. The molecule has 146 valence electrons. The Morgan fingerprint density at radius 2 is 1.81 bits per heavy atom. The van der Waals surface area contributed by atoms with Crippen molar-refractivity contribution >= 4 is 5.97 Å². The number of aryl methyl sites for hydroxylation is 2. The molecule has 0 saturated heterocycles. The summed E-state index contributed by atoms with van der Waals surface area (Å²) in [5, 5.41) is 9.42. The second-order valence-corrected chi connectivity index (χ2v) is 7.78. The quantitative estimate of drug-likeness (QED) is 0.688. The average Bonchev–Trinajstić information content (AvgIpc) is 2.59. The van der Waals surface area contributed by atoms with E-state index in [2.05, 4.69) is 45.0 Å². The normalized spacial score (nSPS) is 12.4. The van der Waals surface area contributed by atoms with Crippen LogP contribution in [-0.2, 0) is 17.8 Å². The van der Waals surface area contributed by atoms with Crippen molar-refractivity contribution in [2.45, 2.75) is 66.3 Å². The fraction of sp³-hybridized carbons (Fsp3) is 0.478. The summed E-state index contributed by atoms with van der Waals surface area (Å²) in [7, 11) is 0. The monoisotopic (exact) mass is 368 g/mol. The zero-order valence-corrected chi connectivity index (χ0v) is 17.2. The zero-order valence-electron chi connectivity index (χ0n) is 17.2. The highest BCUT2D eigenvalue weighted by molar-refractivity contribution is 5.75. The Balaban J connectivity index is 2.80. The molecule has 1 unspecified atom stereocenters. The van der Waals surface area contributed by atoms with Crippen molar-refractivity contribution in [3.05, 3.63) is 52.3 Å². The minimum Gasteiger partial charge on any atom is -0.481 e. The molecule has 4 nitrogen and oxygen atoms in total. The summed E-state index contributed by atoms with van der Waals surface area (Å²) in [4.78, 5) is 16.4. The van der Waals surface area contributed by atoms with Crippen LogP contribution in [0, 0.1) is 19.8 Å². The van der Waals surface area contributed by atoms with Crippen molar-refractivity contribution in [2.75, 3.05) is 0 Å². The van der Waals surface area contributed by atoms with E-state index in [1.807, 2.05) is 13.8 Å². The van der Waals surface area contributed by atoms with E-state index in [4.69, 9.17) is 10.7 Å². The van der Waals surface area contributed by atoms with Gasteiger partial charge in [-0.25, -0.2) is 0 Å². The van der Waals surface area contributed by atoms with Gasteiger partial charge in [0.05, 0.1) is 6.42 Å². The van der Waals surface area contributed by atoms with Gasteiger partial charge in [0.25, 0.3) is 0 Å². The summed E-state index contributed by atoms with van der Waals surface area (Å²) in [6.07, 6.45) is 1.72. The van der Waals surface area contributed by atoms with Crippen LogP contribution in [0.2, 0.25) is 0 Å². The Labute approximate surface area is 162 Å². The first kappa shape index (κ1) is 21.1. The summed E-state index contributed by atoms with van der Waals surface area (Å²) in [6, 6.07) is 8.41. The molecular formula is C23H32N2O2. The van der Waals surface area contributed by atoms with E-state index in [1.165, 1.54) is 5.56 Å². The summed E-state index contributed by atoms with van der Waals surface area (Å²) < 4.78 is 0. The number of hydrogen-bond donors (Lipinski definition) is 2. The van der Waals surface area contributed by atoms with Crippen LogP contribution in [0.5, 0.6) is 0 Å². The van der Waals surface area contributed by atoms with Gasteiger partial charge < -0.3 is 10.8 Å². The van der Waals surface area contributed by atoms with Gasteiger partial charge in [-0.15, -0.1) is 0 Å². The lowest BCUT2D eigenvalue weighted by atomic mass is 9.82. The van der Waals surface area contributed by atoms with Crippen molar-refractivity contribution in [2.24, 2.45) is 11.7 Å². The summed E-state index contributed by atoms with van der Waals surface area (Å²) in [5.41, 5.74) is 13.6. The Bertz CT molecular complexity index is 795. The van der Waals surface area contributed by atoms with Gasteiger partial charge in [0.1, 0.15) is 0 Å². The van der Waals surface area contributed by atoms with Crippen molar-refractivity contribution < 1.29 is 9.90 Å². The van der Waals surface area contributed by atoms with Gasteiger partial charge in [-0.1, -0.05) is 50.6 Å². The number of aromatic nitrogens is 1. The highest BCUT2D eigenvalue weighted by Crippen LogP contribution is 2.39. The highest BCUT2D eigenvalue weighted by atomic mass is 16.4. The van der Waals surface area contributed by atoms with Gasteiger partial charge in [-0.3, -0.25) is 9.78 Å². The Kier molecular flexibility index (Phi) is 7.14. The van der Waals surface area contributed by atoms with Gasteiger partial charge in [0.15, 0.2) is 0 Å². The molecule has 0 radical (unpaired) electrons. The second-order valence-electron chi connectivity index (χ2n) is 7.78. The molecule has 1 heterocycles. The summed E-state index contributed by atoms with van der Waals surface area (Å²) in [6.45, 7) is 10.9. The summed E-state index contributed by atoms with van der Waals surface area (Å²) >= 11 is 0. The Morgan fingerprint density at radius 1 is 1.19 bits per heavy atom. The number of nitrogens with two attached hydrogens (primary N) is 1. The molecule has 0 bridgehead atoms. The fourth-order valence-corrected chi connectivity index (χ4v) is 3.80. The molecule has 2 aromatic rings. The first-order chi connectivity index (χ1) is 12.8. The lowest BCUT2D eigenvalue weighted by Crippen LogP contribution is -2.16. The maximum absolute atomic E-state index is 11.5. The van der Waals surface area contributed by atoms with Crippen LogP contribution in [0.25, 0.3) is 11.1 Å². The molecule has 2 rings (SSSR count). The minimum atomic E-state index is -0.781. The van der Waals surface area contributed by atoms with E-state index in [9.17, 15) is 9.90 Å². The first-order valence-electron chi connectivity index (χ1n) is 9.79. The number of nitrogens with zero attached hydrogens (tertiary/aromatic N) is 1. The van der Waals surface area contributed by atoms with E-state index in [-0.39, 0.29) is 12.3 Å².